The van der Waals surface area contributed by atoms with Crippen molar-refractivity contribution in [1.29, 1.82) is 0 Å². The van der Waals surface area contributed by atoms with Crippen molar-refractivity contribution in [2.24, 2.45) is 0 Å². The summed E-state index contributed by atoms with van der Waals surface area (Å²) in [6, 6.07) is 4.49. The predicted molar refractivity (Wildman–Crippen MR) is 73.6 cm³/mol. The van der Waals surface area contributed by atoms with Crippen LogP contribution in [0.15, 0.2) is 27.9 Å². The van der Waals surface area contributed by atoms with Crippen molar-refractivity contribution in [3.05, 3.63) is 28.7 Å². The Morgan fingerprint density at radius 1 is 1.21 bits per heavy atom. The lowest BCUT2D eigenvalue weighted by molar-refractivity contribution is 0.439. The zero-order chi connectivity index (χ0) is 14.3. The first-order valence-corrected chi connectivity index (χ1v) is 7.48. The molecule has 0 unspecified atom stereocenters. The number of benzene rings is 1. The number of hydrogen-bond acceptors (Lipinski definition) is 3. The second kappa shape index (κ2) is 4.50. The summed E-state index contributed by atoms with van der Waals surface area (Å²) < 4.78 is 27.1. The molecule has 0 fully saturated rings. The van der Waals surface area contributed by atoms with Gasteiger partial charge >= 0.3 is 5.69 Å². The van der Waals surface area contributed by atoms with Crippen molar-refractivity contribution in [1.82, 2.24) is 14.7 Å². The Morgan fingerprint density at radius 3 is 2.47 bits per heavy atom. The minimum Gasteiger partial charge on any atom is -0.306 e. The minimum atomic E-state index is -3.60. The van der Waals surface area contributed by atoms with Crippen molar-refractivity contribution >= 4 is 21.1 Å². The van der Waals surface area contributed by atoms with Crippen molar-refractivity contribution < 1.29 is 8.42 Å². The van der Waals surface area contributed by atoms with Crippen LogP contribution in [0, 0.1) is 0 Å². The molecule has 0 saturated carbocycles. The van der Waals surface area contributed by atoms with Crippen LogP contribution in [0.3, 0.4) is 0 Å². The SMILES string of the molecule is CCC(C)(C)NS(=O)(=O)c1ccc2[nH]c(=O)[nH]c2c1. The van der Waals surface area contributed by atoms with Crippen molar-refractivity contribution in [2.75, 3.05) is 0 Å². The van der Waals surface area contributed by atoms with E-state index in [9.17, 15) is 13.2 Å². The Kier molecular flexibility index (Phi) is 3.27. The van der Waals surface area contributed by atoms with E-state index in [1.54, 1.807) is 6.07 Å². The van der Waals surface area contributed by atoms with E-state index in [1.807, 2.05) is 20.8 Å². The summed E-state index contributed by atoms with van der Waals surface area (Å²) in [5, 5.41) is 0. The summed E-state index contributed by atoms with van der Waals surface area (Å²) in [5.41, 5.74) is 0.187. The molecule has 0 bridgehead atoms. The third kappa shape index (κ3) is 2.87. The maximum atomic E-state index is 12.2. The van der Waals surface area contributed by atoms with Crippen LogP contribution in [-0.2, 0) is 10.0 Å². The number of fused-ring (bicyclic) bond motifs is 1. The number of sulfonamides is 1. The standard InChI is InChI=1S/C12H17N3O3S/c1-4-12(2,3)15-19(17,18)8-5-6-9-10(7-8)14-11(16)13-9/h5-7,15H,4H2,1-3H3,(H2,13,14,16). The number of H-pyrrole nitrogens is 2. The van der Waals surface area contributed by atoms with Gasteiger partial charge in [-0.05, 0) is 38.5 Å². The highest BCUT2D eigenvalue weighted by atomic mass is 32.2. The summed E-state index contributed by atoms with van der Waals surface area (Å²) >= 11 is 0. The molecule has 104 valence electrons. The second-order valence-electron chi connectivity index (χ2n) is 5.13. The fraction of sp³-hybridized carbons (Fsp3) is 0.417. The molecule has 0 saturated heterocycles. The molecule has 6 nitrogen and oxygen atoms in total. The molecule has 0 aliphatic heterocycles. The van der Waals surface area contributed by atoms with E-state index in [-0.39, 0.29) is 10.6 Å². The molecule has 1 aromatic carbocycles. The largest absolute Gasteiger partial charge is 0.323 e. The molecule has 0 aliphatic rings. The van der Waals surface area contributed by atoms with Gasteiger partial charge in [0.15, 0.2) is 0 Å². The fourth-order valence-corrected chi connectivity index (χ4v) is 3.18. The lowest BCUT2D eigenvalue weighted by Gasteiger charge is -2.24. The van der Waals surface area contributed by atoms with Gasteiger partial charge in [0.05, 0.1) is 15.9 Å². The lowest BCUT2D eigenvalue weighted by atomic mass is 10.0. The van der Waals surface area contributed by atoms with Crippen LogP contribution in [0.5, 0.6) is 0 Å². The van der Waals surface area contributed by atoms with Crippen molar-refractivity contribution in [3.63, 3.8) is 0 Å². The average Bonchev–Trinajstić information content (AvgIpc) is 2.66. The first kappa shape index (κ1) is 13.8. The van der Waals surface area contributed by atoms with E-state index in [0.717, 1.165) is 0 Å². The Morgan fingerprint density at radius 2 is 1.84 bits per heavy atom. The van der Waals surface area contributed by atoms with Crippen LogP contribution in [0.4, 0.5) is 0 Å². The van der Waals surface area contributed by atoms with E-state index in [0.29, 0.717) is 17.5 Å². The van der Waals surface area contributed by atoms with Crippen LogP contribution in [-0.4, -0.2) is 23.9 Å². The molecule has 2 rings (SSSR count). The van der Waals surface area contributed by atoms with Crippen LogP contribution in [0.2, 0.25) is 0 Å². The first-order chi connectivity index (χ1) is 8.73. The molecule has 0 aliphatic carbocycles. The maximum Gasteiger partial charge on any atom is 0.323 e. The van der Waals surface area contributed by atoms with Gasteiger partial charge in [0, 0.05) is 5.54 Å². The summed E-state index contributed by atoms with van der Waals surface area (Å²) in [5.74, 6) is 0. The molecule has 3 N–H and O–H groups in total. The number of hydrogen-bond donors (Lipinski definition) is 3. The zero-order valence-corrected chi connectivity index (χ0v) is 11.9. The molecule has 0 amide bonds. The average molecular weight is 283 g/mol. The van der Waals surface area contributed by atoms with E-state index in [2.05, 4.69) is 14.7 Å². The van der Waals surface area contributed by atoms with Crippen LogP contribution >= 0.6 is 0 Å². The van der Waals surface area contributed by atoms with Crippen LogP contribution in [0.25, 0.3) is 11.0 Å². The van der Waals surface area contributed by atoms with Gasteiger partial charge in [-0.15, -0.1) is 0 Å². The highest BCUT2D eigenvalue weighted by molar-refractivity contribution is 7.89. The maximum absolute atomic E-state index is 12.2. The van der Waals surface area contributed by atoms with Gasteiger partial charge in [0.25, 0.3) is 0 Å². The Labute approximate surface area is 111 Å². The Bertz CT molecular complexity index is 756. The summed E-state index contributed by atoms with van der Waals surface area (Å²) in [6.07, 6.45) is 0.676. The number of aromatic nitrogens is 2. The van der Waals surface area contributed by atoms with Gasteiger partial charge in [0.1, 0.15) is 0 Å². The highest BCUT2D eigenvalue weighted by Crippen LogP contribution is 2.18. The topological polar surface area (TPSA) is 94.8 Å². The van der Waals surface area contributed by atoms with E-state index in [1.165, 1.54) is 12.1 Å². The first-order valence-electron chi connectivity index (χ1n) is 5.99. The fourth-order valence-electron chi connectivity index (χ4n) is 1.67. The van der Waals surface area contributed by atoms with Gasteiger partial charge < -0.3 is 9.97 Å². The van der Waals surface area contributed by atoms with Gasteiger partial charge in [-0.25, -0.2) is 17.9 Å². The van der Waals surface area contributed by atoms with E-state index >= 15 is 0 Å². The molecular formula is C12H17N3O3S. The Balaban J connectivity index is 2.45. The van der Waals surface area contributed by atoms with E-state index < -0.39 is 15.6 Å². The summed E-state index contributed by atoms with van der Waals surface area (Å²) in [7, 11) is -3.60. The van der Waals surface area contributed by atoms with Crippen LogP contribution < -0.4 is 10.4 Å². The Hall–Kier alpha value is -1.60. The van der Waals surface area contributed by atoms with Gasteiger partial charge in [0.2, 0.25) is 10.0 Å². The smallest absolute Gasteiger partial charge is 0.306 e. The van der Waals surface area contributed by atoms with Crippen molar-refractivity contribution in [3.8, 4) is 0 Å². The highest BCUT2D eigenvalue weighted by Gasteiger charge is 2.24. The number of aromatic amines is 2. The van der Waals surface area contributed by atoms with Crippen LogP contribution in [0.1, 0.15) is 27.2 Å². The van der Waals surface area contributed by atoms with Gasteiger partial charge in [-0.1, -0.05) is 6.92 Å². The molecule has 7 heteroatoms. The third-order valence-corrected chi connectivity index (χ3v) is 4.79. The normalized spacial score (nSPS) is 13.0. The van der Waals surface area contributed by atoms with Crippen molar-refractivity contribution in [2.45, 2.75) is 37.6 Å². The summed E-state index contributed by atoms with van der Waals surface area (Å²) in [4.78, 5) is 16.4. The molecule has 2 aromatic rings. The van der Waals surface area contributed by atoms with Gasteiger partial charge in [-0.2, -0.15) is 0 Å². The molecule has 0 spiro atoms. The molecule has 1 heterocycles. The zero-order valence-electron chi connectivity index (χ0n) is 11.1. The molecule has 0 atom stereocenters. The second-order valence-corrected chi connectivity index (χ2v) is 6.81. The molecule has 19 heavy (non-hydrogen) atoms. The number of rotatable bonds is 4. The van der Waals surface area contributed by atoms with E-state index in [4.69, 9.17) is 0 Å². The van der Waals surface area contributed by atoms with Gasteiger partial charge in [-0.3, -0.25) is 0 Å². The predicted octanol–water partition coefficient (Wildman–Crippen LogP) is 1.32. The number of nitrogens with one attached hydrogen (secondary N) is 3. The summed E-state index contributed by atoms with van der Waals surface area (Å²) in [6.45, 7) is 5.55. The third-order valence-electron chi connectivity index (χ3n) is 3.09. The monoisotopic (exact) mass is 283 g/mol. The lowest BCUT2D eigenvalue weighted by Crippen LogP contribution is -2.42. The molecule has 1 aromatic heterocycles. The molecule has 0 radical (unpaired) electrons. The minimum absolute atomic E-state index is 0.136. The quantitative estimate of drug-likeness (QED) is 0.789. The molecular weight excluding hydrogens is 266 g/mol. The number of imidazole rings is 1.